The fourth-order valence-corrected chi connectivity index (χ4v) is 9.79. The van der Waals surface area contributed by atoms with E-state index < -0.39 is 0 Å². The standard InChI is InChI=1S/C51H30N4OS/c1-3-14-31(15-4-1)49-52-50(32-16-5-2-6-17-32)54-51(53-49)33-28-29-36-37-20-11-21-38(46(37)56-45(36)30-33)39-22-12-23-40-41-24-13-27-44(48(41)57-47(39)40)55-42-25-9-7-18-34(42)35-19-8-10-26-43(35)55/h1-30H. The van der Waals surface area contributed by atoms with Gasteiger partial charge in [-0.3, -0.25) is 0 Å². The van der Waals surface area contributed by atoms with Crippen LogP contribution in [-0.4, -0.2) is 19.5 Å². The summed E-state index contributed by atoms with van der Waals surface area (Å²) in [5, 5.41) is 7.13. The van der Waals surface area contributed by atoms with E-state index >= 15 is 0 Å². The van der Waals surface area contributed by atoms with E-state index in [0.29, 0.717) is 17.5 Å². The number of benzene rings is 8. The highest BCUT2D eigenvalue weighted by Crippen LogP contribution is 2.46. The molecule has 0 radical (unpaired) electrons. The first-order valence-corrected chi connectivity index (χ1v) is 19.8. The summed E-state index contributed by atoms with van der Waals surface area (Å²) in [6.45, 7) is 0. The Morgan fingerprint density at radius 1 is 0.386 bits per heavy atom. The maximum atomic E-state index is 6.86. The Kier molecular flexibility index (Phi) is 7.03. The fraction of sp³-hybridized carbons (Fsp3) is 0. The van der Waals surface area contributed by atoms with Crippen LogP contribution in [0.1, 0.15) is 0 Å². The van der Waals surface area contributed by atoms with Gasteiger partial charge in [-0.25, -0.2) is 15.0 Å². The number of fused-ring (bicyclic) bond motifs is 9. The second-order valence-electron chi connectivity index (χ2n) is 14.3. The lowest BCUT2D eigenvalue weighted by Crippen LogP contribution is -2.00. The molecule has 0 spiro atoms. The van der Waals surface area contributed by atoms with Gasteiger partial charge in [0.1, 0.15) is 11.2 Å². The van der Waals surface area contributed by atoms with Crippen molar-refractivity contribution in [2.24, 2.45) is 0 Å². The highest BCUT2D eigenvalue weighted by molar-refractivity contribution is 7.26. The molecule has 8 aromatic carbocycles. The van der Waals surface area contributed by atoms with Gasteiger partial charge in [0, 0.05) is 64.8 Å². The lowest BCUT2D eigenvalue weighted by atomic mass is 10.00. The van der Waals surface area contributed by atoms with Crippen molar-refractivity contribution < 1.29 is 4.42 Å². The van der Waals surface area contributed by atoms with Gasteiger partial charge in [-0.2, -0.15) is 0 Å². The highest BCUT2D eigenvalue weighted by Gasteiger charge is 2.20. The maximum Gasteiger partial charge on any atom is 0.164 e. The number of aromatic nitrogens is 4. The van der Waals surface area contributed by atoms with Gasteiger partial charge in [-0.05, 0) is 30.3 Å². The van der Waals surface area contributed by atoms with Crippen LogP contribution in [-0.2, 0) is 0 Å². The Hall–Kier alpha value is -7.41. The van der Waals surface area contributed by atoms with E-state index in [9.17, 15) is 0 Å². The van der Waals surface area contributed by atoms with E-state index in [1.165, 1.54) is 47.7 Å². The van der Waals surface area contributed by atoms with E-state index in [1.807, 2.05) is 72.0 Å². The second kappa shape index (κ2) is 12.6. The first kappa shape index (κ1) is 31.9. The van der Waals surface area contributed by atoms with Gasteiger partial charge in [0.25, 0.3) is 0 Å². The second-order valence-corrected chi connectivity index (χ2v) is 15.4. The molecular formula is C51H30N4OS. The molecule has 0 aliphatic heterocycles. The van der Waals surface area contributed by atoms with Gasteiger partial charge in [0.15, 0.2) is 17.5 Å². The van der Waals surface area contributed by atoms with Crippen molar-refractivity contribution >= 4 is 75.3 Å². The molecule has 4 aromatic heterocycles. The minimum Gasteiger partial charge on any atom is -0.455 e. The number of nitrogens with zero attached hydrogens (tertiary/aromatic N) is 4. The molecule has 266 valence electrons. The molecule has 12 rings (SSSR count). The molecule has 0 bridgehead atoms. The summed E-state index contributed by atoms with van der Waals surface area (Å²) in [4.78, 5) is 14.8. The minimum absolute atomic E-state index is 0.597. The number of thiophene rings is 1. The van der Waals surface area contributed by atoms with Crippen LogP contribution in [0.3, 0.4) is 0 Å². The highest BCUT2D eigenvalue weighted by atomic mass is 32.1. The van der Waals surface area contributed by atoms with Crippen LogP contribution in [0, 0.1) is 0 Å². The number of para-hydroxylation sites is 3. The maximum absolute atomic E-state index is 6.86. The van der Waals surface area contributed by atoms with E-state index in [1.54, 1.807) is 0 Å². The van der Waals surface area contributed by atoms with Crippen LogP contribution < -0.4 is 0 Å². The predicted octanol–water partition coefficient (Wildman–Crippen LogP) is 13.9. The van der Waals surface area contributed by atoms with Crippen molar-refractivity contribution in [3.8, 4) is 51.0 Å². The van der Waals surface area contributed by atoms with Crippen molar-refractivity contribution in [2.75, 3.05) is 0 Å². The molecule has 0 saturated heterocycles. The van der Waals surface area contributed by atoms with Gasteiger partial charge in [0.05, 0.1) is 21.4 Å². The molecule has 5 nitrogen and oxygen atoms in total. The molecule has 0 unspecified atom stereocenters. The monoisotopic (exact) mass is 746 g/mol. The molecule has 12 aromatic rings. The summed E-state index contributed by atoms with van der Waals surface area (Å²) in [6.07, 6.45) is 0. The zero-order valence-electron chi connectivity index (χ0n) is 30.4. The van der Waals surface area contributed by atoms with Crippen molar-refractivity contribution in [1.29, 1.82) is 0 Å². The van der Waals surface area contributed by atoms with E-state index in [4.69, 9.17) is 19.4 Å². The first-order valence-electron chi connectivity index (χ1n) is 19.0. The summed E-state index contributed by atoms with van der Waals surface area (Å²) in [6, 6.07) is 63.7. The van der Waals surface area contributed by atoms with Crippen LogP contribution in [0.15, 0.2) is 186 Å². The third-order valence-corrected chi connectivity index (χ3v) is 12.3. The third kappa shape index (κ3) is 4.98. The number of hydrogen-bond donors (Lipinski definition) is 0. The molecule has 0 atom stereocenters. The third-order valence-electron chi connectivity index (χ3n) is 11.1. The molecule has 0 aliphatic rings. The van der Waals surface area contributed by atoms with Crippen molar-refractivity contribution in [2.45, 2.75) is 0 Å². The van der Waals surface area contributed by atoms with E-state index in [2.05, 4.69) is 126 Å². The van der Waals surface area contributed by atoms with Crippen LogP contribution in [0.5, 0.6) is 0 Å². The van der Waals surface area contributed by atoms with Crippen LogP contribution in [0.4, 0.5) is 0 Å². The van der Waals surface area contributed by atoms with Gasteiger partial charge in [-0.1, -0.05) is 152 Å². The topological polar surface area (TPSA) is 56.7 Å². The minimum atomic E-state index is 0.597. The molecule has 6 heteroatoms. The lowest BCUT2D eigenvalue weighted by Gasteiger charge is -2.09. The zero-order chi connectivity index (χ0) is 37.5. The predicted molar refractivity (Wildman–Crippen MR) is 236 cm³/mol. The lowest BCUT2D eigenvalue weighted by molar-refractivity contribution is 0.670. The van der Waals surface area contributed by atoms with Gasteiger partial charge in [0.2, 0.25) is 0 Å². The van der Waals surface area contributed by atoms with Gasteiger partial charge < -0.3 is 8.98 Å². The summed E-state index contributed by atoms with van der Waals surface area (Å²) < 4.78 is 11.8. The summed E-state index contributed by atoms with van der Waals surface area (Å²) >= 11 is 1.85. The molecule has 0 N–H and O–H groups in total. The largest absolute Gasteiger partial charge is 0.455 e. The smallest absolute Gasteiger partial charge is 0.164 e. The van der Waals surface area contributed by atoms with Gasteiger partial charge in [-0.15, -0.1) is 11.3 Å². The quantitative estimate of drug-likeness (QED) is 0.176. The Morgan fingerprint density at radius 2 is 0.912 bits per heavy atom. The SMILES string of the molecule is c1ccc(-c2nc(-c3ccccc3)nc(-c3ccc4c(c3)oc3c(-c5cccc6c5sc5c(-n7c8ccccc8c8ccccc87)cccc56)cccc34)n2)cc1. The van der Waals surface area contributed by atoms with Crippen molar-refractivity contribution in [1.82, 2.24) is 19.5 Å². The molecule has 0 saturated carbocycles. The Morgan fingerprint density at radius 3 is 1.58 bits per heavy atom. The number of hydrogen-bond acceptors (Lipinski definition) is 5. The normalized spacial score (nSPS) is 11.9. The van der Waals surface area contributed by atoms with E-state index in [0.717, 1.165) is 49.8 Å². The van der Waals surface area contributed by atoms with Crippen molar-refractivity contribution in [3.05, 3.63) is 182 Å². The molecule has 57 heavy (non-hydrogen) atoms. The summed E-state index contributed by atoms with van der Waals surface area (Å²) in [7, 11) is 0. The average Bonchev–Trinajstić information content (AvgIpc) is 3.96. The summed E-state index contributed by atoms with van der Waals surface area (Å²) in [5.74, 6) is 1.85. The van der Waals surface area contributed by atoms with Gasteiger partial charge >= 0.3 is 0 Å². The number of furan rings is 1. The summed E-state index contributed by atoms with van der Waals surface area (Å²) in [5.41, 5.74) is 10.2. The first-order chi connectivity index (χ1) is 28.3. The zero-order valence-corrected chi connectivity index (χ0v) is 31.2. The average molecular weight is 747 g/mol. The Balaban J connectivity index is 1.03. The molecule has 4 heterocycles. The molecule has 0 amide bonds. The molecular weight excluding hydrogens is 717 g/mol. The molecule has 0 fully saturated rings. The Labute approximate surface area is 330 Å². The number of rotatable bonds is 5. The van der Waals surface area contributed by atoms with E-state index in [-0.39, 0.29) is 0 Å². The van der Waals surface area contributed by atoms with Crippen molar-refractivity contribution in [3.63, 3.8) is 0 Å². The van der Waals surface area contributed by atoms with Crippen LogP contribution >= 0.6 is 11.3 Å². The van der Waals surface area contributed by atoms with Crippen LogP contribution in [0.25, 0.3) is 115 Å². The van der Waals surface area contributed by atoms with Crippen LogP contribution in [0.2, 0.25) is 0 Å². The Bertz CT molecular complexity index is 3420. The fourth-order valence-electron chi connectivity index (χ4n) is 8.46. The molecule has 0 aliphatic carbocycles.